The summed E-state index contributed by atoms with van der Waals surface area (Å²) >= 11 is 0. The SMILES string of the molecule is CC(C)N1CCCC2(CC(CC(C)N3CCC4(CNCCC4(F)F)C3)N2)C1. The second kappa shape index (κ2) is 7.19. The average molecular weight is 385 g/mol. The topological polar surface area (TPSA) is 30.5 Å². The van der Waals surface area contributed by atoms with Crippen LogP contribution in [0.15, 0.2) is 0 Å². The molecule has 2 spiro atoms. The van der Waals surface area contributed by atoms with E-state index in [1.165, 1.54) is 32.4 Å². The summed E-state index contributed by atoms with van der Waals surface area (Å²) in [5, 5.41) is 7.12. The van der Waals surface area contributed by atoms with Gasteiger partial charge in [-0.3, -0.25) is 9.80 Å². The molecule has 2 N–H and O–H groups in total. The maximum Gasteiger partial charge on any atom is 0.257 e. The molecule has 4 unspecified atom stereocenters. The molecule has 0 radical (unpaired) electrons. The van der Waals surface area contributed by atoms with E-state index in [0.717, 1.165) is 13.0 Å². The van der Waals surface area contributed by atoms with Crippen LogP contribution in [0.5, 0.6) is 0 Å². The van der Waals surface area contributed by atoms with Crippen LogP contribution in [-0.2, 0) is 0 Å². The van der Waals surface area contributed by atoms with E-state index < -0.39 is 11.3 Å². The number of hydrogen-bond acceptors (Lipinski definition) is 4. The Morgan fingerprint density at radius 2 is 1.81 bits per heavy atom. The van der Waals surface area contributed by atoms with E-state index in [1.807, 2.05) is 0 Å². The number of hydrogen-bond donors (Lipinski definition) is 2. The van der Waals surface area contributed by atoms with Gasteiger partial charge in [0, 0.05) is 56.3 Å². The lowest BCUT2D eigenvalue weighted by molar-refractivity contribution is -0.136. The predicted octanol–water partition coefficient (Wildman–Crippen LogP) is 2.69. The van der Waals surface area contributed by atoms with Crippen molar-refractivity contribution in [3.05, 3.63) is 0 Å². The van der Waals surface area contributed by atoms with Crippen LogP contribution in [0.1, 0.15) is 59.3 Å². The zero-order chi connectivity index (χ0) is 19.3. The fourth-order valence-corrected chi connectivity index (χ4v) is 6.17. The van der Waals surface area contributed by atoms with Gasteiger partial charge in [-0.1, -0.05) is 0 Å². The molecule has 4 aliphatic heterocycles. The fourth-order valence-electron chi connectivity index (χ4n) is 6.17. The van der Waals surface area contributed by atoms with Crippen LogP contribution in [0.3, 0.4) is 0 Å². The smallest absolute Gasteiger partial charge is 0.257 e. The standard InChI is InChI=1S/C21H38F2N4/c1-16(2)26-9-4-5-20(15-26)12-18(25-20)11-17(3)27-10-7-19(14-27)13-24-8-6-21(19,22)23/h16-18,24-25H,4-15H2,1-3H3. The summed E-state index contributed by atoms with van der Waals surface area (Å²) in [6.07, 6.45) is 5.52. The minimum atomic E-state index is -2.52. The first-order valence-electron chi connectivity index (χ1n) is 11.1. The molecule has 0 aliphatic carbocycles. The van der Waals surface area contributed by atoms with Gasteiger partial charge in [-0.25, -0.2) is 8.78 Å². The monoisotopic (exact) mass is 384 g/mol. The molecule has 0 saturated carbocycles. The van der Waals surface area contributed by atoms with Crippen LogP contribution in [0.2, 0.25) is 0 Å². The average Bonchev–Trinajstić information content (AvgIpc) is 3.03. The first kappa shape index (κ1) is 20.0. The maximum absolute atomic E-state index is 14.6. The molecule has 6 heteroatoms. The van der Waals surface area contributed by atoms with Gasteiger partial charge in [0.25, 0.3) is 5.92 Å². The van der Waals surface area contributed by atoms with E-state index in [9.17, 15) is 8.78 Å². The minimum Gasteiger partial charge on any atom is -0.316 e. The highest BCUT2D eigenvalue weighted by Crippen LogP contribution is 2.48. The molecule has 0 amide bonds. The Hall–Kier alpha value is -0.300. The van der Waals surface area contributed by atoms with Crippen LogP contribution < -0.4 is 10.6 Å². The van der Waals surface area contributed by atoms with Crippen molar-refractivity contribution >= 4 is 0 Å². The lowest BCUT2D eigenvalue weighted by Crippen LogP contribution is -2.70. The zero-order valence-corrected chi connectivity index (χ0v) is 17.4. The molecule has 4 heterocycles. The third-order valence-electron chi connectivity index (χ3n) is 7.97. The fraction of sp³-hybridized carbons (Fsp3) is 1.00. The van der Waals surface area contributed by atoms with Gasteiger partial charge in [-0.15, -0.1) is 0 Å². The van der Waals surface area contributed by atoms with E-state index in [1.54, 1.807) is 0 Å². The van der Waals surface area contributed by atoms with Crippen molar-refractivity contribution in [1.29, 1.82) is 0 Å². The second-order valence-electron chi connectivity index (χ2n) is 10.2. The van der Waals surface area contributed by atoms with Crippen molar-refractivity contribution in [3.63, 3.8) is 0 Å². The number of nitrogens with one attached hydrogen (secondary N) is 2. The van der Waals surface area contributed by atoms with Gasteiger partial charge in [0.1, 0.15) is 0 Å². The molecular formula is C21H38F2N4. The van der Waals surface area contributed by atoms with E-state index in [0.29, 0.717) is 49.7 Å². The minimum absolute atomic E-state index is 0.00568. The Morgan fingerprint density at radius 3 is 2.52 bits per heavy atom. The molecule has 0 bridgehead atoms. The van der Waals surface area contributed by atoms with E-state index >= 15 is 0 Å². The molecule has 4 aliphatic rings. The third kappa shape index (κ3) is 3.67. The normalized spacial score (nSPS) is 41.3. The number of alkyl halides is 2. The Bertz CT molecular complexity index is 534. The largest absolute Gasteiger partial charge is 0.316 e. The van der Waals surface area contributed by atoms with Crippen molar-refractivity contribution < 1.29 is 8.78 Å². The molecule has 4 saturated heterocycles. The highest BCUT2D eigenvalue weighted by Gasteiger charge is 2.58. The molecule has 0 aromatic heterocycles. The Kier molecular flexibility index (Phi) is 5.32. The molecule has 0 aromatic carbocycles. The van der Waals surface area contributed by atoms with Crippen molar-refractivity contribution in [1.82, 2.24) is 20.4 Å². The van der Waals surface area contributed by atoms with Crippen LogP contribution in [0.4, 0.5) is 8.78 Å². The molecule has 156 valence electrons. The first-order valence-corrected chi connectivity index (χ1v) is 11.1. The van der Waals surface area contributed by atoms with Crippen LogP contribution >= 0.6 is 0 Å². The summed E-state index contributed by atoms with van der Waals surface area (Å²) < 4.78 is 29.2. The molecule has 27 heavy (non-hydrogen) atoms. The maximum atomic E-state index is 14.6. The number of piperidine rings is 2. The van der Waals surface area contributed by atoms with Crippen molar-refractivity contribution in [2.75, 3.05) is 39.3 Å². The van der Waals surface area contributed by atoms with Gasteiger partial charge >= 0.3 is 0 Å². The summed E-state index contributed by atoms with van der Waals surface area (Å²) in [4.78, 5) is 4.92. The molecule has 0 aromatic rings. The highest BCUT2D eigenvalue weighted by molar-refractivity contribution is 5.09. The summed E-state index contributed by atoms with van der Waals surface area (Å²) in [5.74, 6) is -2.52. The molecule has 4 rings (SSSR count). The van der Waals surface area contributed by atoms with Crippen LogP contribution in [-0.4, -0.2) is 78.7 Å². The summed E-state index contributed by atoms with van der Waals surface area (Å²) in [5.41, 5.74) is -0.519. The van der Waals surface area contributed by atoms with E-state index in [2.05, 4.69) is 41.2 Å². The molecule has 4 fully saturated rings. The van der Waals surface area contributed by atoms with Gasteiger partial charge in [-0.2, -0.15) is 0 Å². The Labute approximate surface area is 163 Å². The predicted molar refractivity (Wildman–Crippen MR) is 105 cm³/mol. The Balaban J connectivity index is 1.28. The first-order chi connectivity index (χ1) is 12.7. The van der Waals surface area contributed by atoms with Gasteiger partial charge in [-0.05, 0) is 66.0 Å². The summed E-state index contributed by atoms with van der Waals surface area (Å²) in [6, 6.07) is 1.55. The zero-order valence-electron chi connectivity index (χ0n) is 17.4. The van der Waals surface area contributed by atoms with Crippen LogP contribution in [0.25, 0.3) is 0 Å². The number of likely N-dealkylation sites (tertiary alicyclic amines) is 2. The van der Waals surface area contributed by atoms with Gasteiger partial charge in [0.2, 0.25) is 0 Å². The Morgan fingerprint density at radius 1 is 1.04 bits per heavy atom. The number of nitrogens with zero attached hydrogens (tertiary/aromatic N) is 2. The van der Waals surface area contributed by atoms with E-state index in [-0.39, 0.29) is 6.42 Å². The lowest BCUT2D eigenvalue weighted by Gasteiger charge is -2.55. The summed E-state index contributed by atoms with van der Waals surface area (Å²) in [6.45, 7) is 11.5. The highest BCUT2D eigenvalue weighted by atomic mass is 19.3. The van der Waals surface area contributed by atoms with Gasteiger partial charge < -0.3 is 10.6 Å². The lowest BCUT2D eigenvalue weighted by atomic mass is 9.73. The van der Waals surface area contributed by atoms with Gasteiger partial charge in [0.05, 0.1) is 5.41 Å². The summed E-state index contributed by atoms with van der Waals surface area (Å²) in [7, 11) is 0. The second-order valence-corrected chi connectivity index (χ2v) is 10.2. The molecule has 4 atom stereocenters. The van der Waals surface area contributed by atoms with Crippen molar-refractivity contribution in [2.24, 2.45) is 5.41 Å². The number of rotatable bonds is 4. The van der Waals surface area contributed by atoms with Gasteiger partial charge in [0.15, 0.2) is 0 Å². The molecule has 4 nitrogen and oxygen atoms in total. The quantitative estimate of drug-likeness (QED) is 0.780. The van der Waals surface area contributed by atoms with Crippen LogP contribution in [0, 0.1) is 5.41 Å². The third-order valence-corrected chi connectivity index (χ3v) is 7.97. The van der Waals surface area contributed by atoms with Crippen molar-refractivity contribution in [2.45, 2.75) is 88.9 Å². The van der Waals surface area contributed by atoms with Crippen molar-refractivity contribution in [3.8, 4) is 0 Å². The molecular weight excluding hydrogens is 346 g/mol. The van der Waals surface area contributed by atoms with E-state index in [4.69, 9.17) is 0 Å². The number of halogens is 2.